The van der Waals surface area contributed by atoms with Crippen molar-refractivity contribution < 1.29 is 14.0 Å². The van der Waals surface area contributed by atoms with Gasteiger partial charge in [0, 0.05) is 5.92 Å². The smallest absolute Gasteiger partial charge is 0.294 e. The van der Waals surface area contributed by atoms with Gasteiger partial charge in [0.1, 0.15) is 11.5 Å². The largest absolute Gasteiger partial charge is 0.497 e. The number of hydrogen-bond acceptors (Lipinski definition) is 6. The summed E-state index contributed by atoms with van der Waals surface area (Å²) in [6, 6.07) is 16.5. The second-order valence-electron chi connectivity index (χ2n) is 8.70. The molecule has 8 heteroatoms. The third kappa shape index (κ3) is 4.55. The minimum absolute atomic E-state index is 0.411. The van der Waals surface area contributed by atoms with Gasteiger partial charge in [-0.05, 0) is 54.3 Å². The number of H-pyrrole nitrogens is 1. The summed E-state index contributed by atoms with van der Waals surface area (Å²) in [6.07, 6.45) is 6.97. The Morgan fingerprint density at radius 2 is 1.91 bits per heavy atom. The number of nitrogen functional groups attached to an aromatic ring is 1. The molecule has 34 heavy (non-hydrogen) atoms. The molecule has 1 aliphatic rings. The molecule has 1 unspecified atom stereocenters. The molecule has 176 valence electrons. The van der Waals surface area contributed by atoms with Crippen LogP contribution in [0.15, 0.2) is 64.9 Å². The number of benzene rings is 2. The Labute approximate surface area is 203 Å². The number of ether oxygens (including phenoxy) is 2. The van der Waals surface area contributed by atoms with Crippen LogP contribution < -0.4 is 19.8 Å². The molecule has 1 atom stereocenters. The molecule has 1 saturated carbocycles. The van der Waals surface area contributed by atoms with Crippen molar-refractivity contribution >= 4 is 28.7 Å². The van der Waals surface area contributed by atoms with Crippen molar-refractivity contribution in [3.63, 3.8) is 0 Å². The van der Waals surface area contributed by atoms with Crippen molar-refractivity contribution in [2.75, 3.05) is 20.0 Å². The van der Waals surface area contributed by atoms with Crippen LogP contribution in [0.2, 0.25) is 0 Å². The summed E-state index contributed by atoms with van der Waals surface area (Å²) in [5.41, 5.74) is 9.19. The van der Waals surface area contributed by atoms with E-state index in [4.69, 9.17) is 20.2 Å². The van der Waals surface area contributed by atoms with E-state index >= 15 is 0 Å². The van der Waals surface area contributed by atoms with E-state index in [1.165, 1.54) is 43.0 Å². The lowest BCUT2D eigenvalue weighted by atomic mass is 9.84. The molecule has 2 heterocycles. The zero-order valence-electron chi connectivity index (χ0n) is 19.5. The van der Waals surface area contributed by atoms with Gasteiger partial charge in [-0.3, -0.25) is 0 Å². The number of hydrogen-bond donors (Lipinski definition) is 2. The zero-order chi connectivity index (χ0) is 23.5. The summed E-state index contributed by atoms with van der Waals surface area (Å²) in [6.45, 7) is 0.815. The number of fused-ring (bicyclic) bond motifs is 1. The number of aromatic amines is 1. The minimum atomic E-state index is 0.411. The van der Waals surface area contributed by atoms with Gasteiger partial charge in [0.05, 0.1) is 25.7 Å². The van der Waals surface area contributed by atoms with Crippen molar-refractivity contribution in [3.05, 3.63) is 60.4 Å². The lowest BCUT2D eigenvalue weighted by Gasteiger charge is -2.23. The van der Waals surface area contributed by atoms with Gasteiger partial charge in [-0.25, -0.2) is 4.57 Å². The Hall–Kier alpha value is -3.26. The lowest BCUT2D eigenvalue weighted by molar-refractivity contribution is -0.679. The van der Waals surface area contributed by atoms with E-state index in [0.717, 1.165) is 39.3 Å². The third-order valence-corrected chi connectivity index (χ3v) is 7.62. The molecule has 3 N–H and O–H groups in total. The highest BCUT2D eigenvalue weighted by Crippen LogP contribution is 2.39. The van der Waals surface area contributed by atoms with Crippen molar-refractivity contribution in [2.24, 2.45) is 5.92 Å². The van der Waals surface area contributed by atoms with Crippen LogP contribution >= 0.6 is 11.8 Å². The molecular formula is C26H30N5O2S+. The van der Waals surface area contributed by atoms with Crippen molar-refractivity contribution in [1.82, 2.24) is 15.0 Å². The molecule has 4 aromatic rings. The highest BCUT2D eigenvalue weighted by molar-refractivity contribution is 7.99. The predicted octanol–water partition coefficient (Wildman–Crippen LogP) is 4.97. The summed E-state index contributed by atoms with van der Waals surface area (Å²) in [4.78, 5) is 13.7. The van der Waals surface area contributed by atoms with Gasteiger partial charge in [0.2, 0.25) is 17.3 Å². The fourth-order valence-electron chi connectivity index (χ4n) is 4.93. The highest BCUT2D eigenvalue weighted by atomic mass is 32.2. The van der Waals surface area contributed by atoms with Crippen LogP contribution in [0.4, 0.5) is 5.82 Å². The van der Waals surface area contributed by atoms with Gasteiger partial charge in [-0.15, -0.1) is 0 Å². The van der Waals surface area contributed by atoms with Gasteiger partial charge in [-0.1, -0.05) is 53.1 Å². The van der Waals surface area contributed by atoms with Gasteiger partial charge in [0.15, 0.2) is 5.52 Å². The van der Waals surface area contributed by atoms with Crippen LogP contribution in [0, 0.1) is 5.92 Å². The molecule has 0 radical (unpaired) electrons. The molecule has 1 aliphatic carbocycles. The fraction of sp³-hybridized carbons (Fsp3) is 0.346. The number of imidazole rings is 1. The standard InChI is InChI=1S/C26H29N5O2S/c1-32-19-12-13-21(33-2)22(14-19)34-26-29-23-24(27)28-16-31(25(23)30-26)15-20(18-10-6-7-11-18)17-8-4-3-5-9-17/h3-5,8-9,12-14,16,18,20H,6-7,10-11,15H2,1-2H3,(H2,27,29,30)/p+1. The molecule has 0 bridgehead atoms. The van der Waals surface area contributed by atoms with Gasteiger partial charge >= 0.3 is 0 Å². The van der Waals surface area contributed by atoms with E-state index in [-0.39, 0.29) is 0 Å². The first-order chi connectivity index (χ1) is 16.7. The predicted molar refractivity (Wildman–Crippen MR) is 133 cm³/mol. The van der Waals surface area contributed by atoms with E-state index in [1.807, 2.05) is 24.5 Å². The van der Waals surface area contributed by atoms with Crippen LogP contribution in [0.25, 0.3) is 11.2 Å². The Balaban J connectivity index is 1.50. The van der Waals surface area contributed by atoms with Crippen molar-refractivity contribution in [2.45, 2.75) is 48.2 Å². The topological polar surface area (TPSA) is 89.9 Å². The second kappa shape index (κ2) is 9.93. The Morgan fingerprint density at radius 1 is 1.12 bits per heavy atom. The molecular weight excluding hydrogens is 446 g/mol. The maximum Gasteiger partial charge on any atom is 0.294 e. The second-order valence-corrected chi connectivity index (χ2v) is 9.73. The summed E-state index contributed by atoms with van der Waals surface area (Å²) >= 11 is 1.48. The van der Waals surface area contributed by atoms with E-state index in [2.05, 4.69) is 44.9 Å². The van der Waals surface area contributed by atoms with E-state index in [1.54, 1.807) is 14.2 Å². The maximum absolute atomic E-state index is 6.25. The molecule has 0 spiro atoms. The first-order valence-corrected chi connectivity index (χ1v) is 12.5. The molecule has 1 fully saturated rings. The highest BCUT2D eigenvalue weighted by Gasteiger charge is 2.29. The SMILES string of the molecule is COc1ccc(OC)c(Sc2nc3c([nH]2)c(N)nc[n+]3CC(c2ccccc2)C2CCCC2)c1. The van der Waals surface area contributed by atoms with Crippen LogP contribution in [0.3, 0.4) is 0 Å². The molecule has 0 saturated heterocycles. The van der Waals surface area contributed by atoms with E-state index in [0.29, 0.717) is 17.7 Å². The van der Waals surface area contributed by atoms with E-state index in [9.17, 15) is 0 Å². The summed E-state index contributed by atoms with van der Waals surface area (Å²) in [7, 11) is 3.31. The number of nitrogens with one attached hydrogen (secondary N) is 1. The van der Waals surface area contributed by atoms with Crippen LogP contribution in [-0.4, -0.2) is 29.2 Å². The normalized spacial score (nSPS) is 15.0. The molecule has 5 rings (SSSR count). The number of methoxy groups -OCH3 is 2. The Bertz CT molecular complexity index is 1270. The number of nitrogens with two attached hydrogens (primary N) is 1. The van der Waals surface area contributed by atoms with Gasteiger partial charge in [0.25, 0.3) is 5.65 Å². The number of nitrogens with zero attached hydrogens (tertiary/aromatic N) is 3. The number of rotatable bonds is 8. The van der Waals surface area contributed by atoms with E-state index < -0.39 is 0 Å². The number of aromatic nitrogens is 4. The van der Waals surface area contributed by atoms with Gasteiger partial charge in [-0.2, -0.15) is 0 Å². The molecule has 7 nitrogen and oxygen atoms in total. The van der Waals surface area contributed by atoms with Gasteiger partial charge < -0.3 is 20.2 Å². The third-order valence-electron chi connectivity index (χ3n) is 6.69. The Morgan fingerprint density at radius 3 is 2.65 bits per heavy atom. The molecule has 0 amide bonds. The summed E-state index contributed by atoms with van der Waals surface area (Å²) in [5.74, 6) is 3.04. The maximum atomic E-state index is 6.25. The van der Waals surface area contributed by atoms with Crippen molar-refractivity contribution in [1.29, 1.82) is 0 Å². The average Bonchev–Trinajstić information content (AvgIpc) is 3.55. The summed E-state index contributed by atoms with van der Waals surface area (Å²) < 4.78 is 13.1. The summed E-state index contributed by atoms with van der Waals surface area (Å²) in [5, 5.41) is 0.729. The van der Waals surface area contributed by atoms with Crippen molar-refractivity contribution in [3.8, 4) is 11.5 Å². The molecule has 2 aromatic heterocycles. The minimum Gasteiger partial charge on any atom is -0.497 e. The first-order valence-electron chi connectivity index (χ1n) is 11.6. The molecule has 2 aromatic carbocycles. The quantitative estimate of drug-likeness (QED) is 0.349. The zero-order valence-corrected chi connectivity index (χ0v) is 20.3. The van der Waals surface area contributed by atoms with Crippen LogP contribution in [-0.2, 0) is 6.54 Å². The fourth-order valence-corrected chi connectivity index (χ4v) is 5.85. The number of anilines is 1. The van der Waals surface area contributed by atoms with Crippen LogP contribution in [0.1, 0.15) is 37.2 Å². The average molecular weight is 477 g/mol. The Kier molecular flexibility index (Phi) is 6.58. The monoisotopic (exact) mass is 476 g/mol. The lowest BCUT2D eigenvalue weighted by Crippen LogP contribution is -2.40. The van der Waals surface area contributed by atoms with Crippen LogP contribution in [0.5, 0.6) is 11.5 Å². The first kappa shape index (κ1) is 22.5. The molecule has 0 aliphatic heterocycles.